The van der Waals surface area contributed by atoms with Crippen LogP contribution >= 0.6 is 11.8 Å². The first kappa shape index (κ1) is 24.4. The van der Waals surface area contributed by atoms with Crippen molar-refractivity contribution in [2.75, 3.05) is 12.3 Å². The number of rotatable bonds is 11. The Balaban J connectivity index is 1.63. The van der Waals surface area contributed by atoms with Gasteiger partial charge in [0.2, 0.25) is 11.8 Å². The lowest BCUT2D eigenvalue weighted by Gasteiger charge is -2.31. The summed E-state index contributed by atoms with van der Waals surface area (Å²) in [6.45, 7) is 4.64. The number of nitrogens with one attached hydrogen (secondary N) is 1. The fourth-order valence-corrected chi connectivity index (χ4v) is 5.16. The van der Waals surface area contributed by atoms with Crippen molar-refractivity contribution in [3.63, 3.8) is 0 Å². The molecule has 1 atom stereocenters. The third-order valence-corrected chi connectivity index (χ3v) is 7.18. The molecule has 5 heteroatoms. The molecule has 2 aromatic rings. The van der Waals surface area contributed by atoms with Crippen molar-refractivity contribution in [1.29, 1.82) is 0 Å². The maximum Gasteiger partial charge on any atom is 0.243 e. The third kappa shape index (κ3) is 7.40. The summed E-state index contributed by atoms with van der Waals surface area (Å²) >= 11 is 1.62. The molecular weight excluding hydrogens is 416 g/mol. The lowest BCUT2D eigenvalue weighted by Crippen LogP contribution is -2.52. The molecule has 0 unspecified atom stereocenters. The minimum Gasteiger partial charge on any atom is -0.352 e. The Hall–Kier alpha value is -2.27. The number of nitrogens with zero attached hydrogens (tertiary/aromatic N) is 1. The molecule has 0 spiro atoms. The highest BCUT2D eigenvalue weighted by atomic mass is 32.2. The van der Waals surface area contributed by atoms with Gasteiger partial charge in [0.15, 0.2) is 0 Å². The van der Waals surface area contributed by atoms with E-state index in [1.807, 2.05) is 30.0 Å². The highest BCUT2D eigenvalue weighted by Crippen LogP contribution is 2.20. The molecule has 4 nitrogen and oxygen atoms in total. The Morgan fingerprint density at radius 3 is 2.38 bits per heavy atom. The summed E-state index contributed by atoms with van der Waals surface area (Å²) in [7, 11) is 0. The van der Waals surface area contributed by atoms with Crippen molar-refractivity contribution >= 4 is 23.6 Å². The maximum atomic E-state index is 13.3. The van der Waals surface area contributed by atoms with Gasteiger partial charge in [0.25, 0.3) is 0 Å². The molecule has 1 fully saturated rings. The summed E-state index contributed by atoms with van der Waals surface area (Å²) in [5.74, 6) is 1.23. The summed E-state index contributed by atoms with van der Waals surface area (Å²) in [5.41, 5.74) is 3.64. The van der Waals surface area contributed by atoms with Gasteiger partial charge in [0.05, 0.1) is 5.75 Å². The zero-order valence-electron chi connectivity index (χ0n) is 19.4. The molecular formula is C27H36N2O2S. The van der Waals surface area contributed by atoms with Crippen LogP contribution in [-0.4, -0.2) is 41.1 Å². The zero-order chi connectivity index (χ0) is 22.8. The van der Waals surface area contributed by atoms with E-state index in [9.17, 15) is 9.59 Å². The number of thioether (sulfide) groups is 1. The molecule has 0 heterocycles. The highest BCUT2D eigenvalue weighted by molar-refractivity contribution is 7.99. The van der Waals surface area contributed by atoms with Crippen LogP contribution in [0.25, 0.3) is 0 Å². The van der Waals surface area contributed by atoms with E-state index in [0.717, 1.165) is 25.0 Å². The van der Waals surface area contributed by atoms with E-state index in [2.05, 4.69) is 48.6 Å². The lowest BCUT2D eigenvalue weighted by atomic mass is 10.1. The van der Waals surface area contributed by atoms with Gasteiger partial charge in [-0.05, 0) is 43.7 Å². The third-order valence-electron chi connectivity index (χ3n) is 6.19. The fourth-order valence-electron chi connectivity index (χ4n) is 4.29. The molecule has 2 aromatic carbocycles. The van der Waals surface area contributed by atoms with Crippen LogP contribution in [0.3, 0.4) is 0 Å². The molecule has 1 saturated carbocycles. The SMILES string of the molecule is CC[C@H](C(=O)NC1CCCC1)N(CCc1ccccc1)C(=O)CSCc1ccc(C)cc1. The number of carbonyl (C=O) groups is 2. The molecule has 0 radical (unpaired) electrons. The van der Waals surface area contributed by atoms with Gasteiger partial charge in [0, 0.05) is 18.3 Å². The topological polar surface area (TPSA) is 49.4 Å². The average molecular weight is 453 g/mol. The lowest BCUT2D eigenvalue weighted by molar-refractivity contribution is -0.139. The standard InChI is InChI=1S/C27H36N2O2S/c1-3-25(27(31)28-24-11-7-8-12-24)29(18-17-22-9-5-4-6-10-22)26(30)20-32-19-23-15-13-21(2)14-16-23/h4-6,9-10,13-16,24-25H,3,7-8,11-12,17-20H2,1-2H3,(H,28,31)/t25-/m1/s1. The van der Waals surface area contributed by atoms with Crippen molar-refractivity contribution in [2.24, 2.45) is 0 Å². The first-order valence-corrected chi connectivity index (χ1v) is 13.0. The van der Waals surface area contributed by atoms with Crippen LogP contribution in [0.5, 0.6) is 0 Å². The monoisotopic (exact) mass is 452 g/mol. The Bertz CT molecular complexity index is 848. The molecule has 0 aliphatic heterocycles. The van der Waals surface area contributed by atoms with Crippen LogP contribution in [0.15, 0.2) is 54.6 Å². The molecule has 0 bridgehead atoms. The van der Waals surface area contributed by atoms with Crippen LogP contribution in [0.1, 0.15) is 55.7 Å². The average Bonchev–Trinajstić information content (AvgIpc) is 3.31. The molecule has 0 saturated heterocycles. The number of carbonyl (C=O) groups excluding carboxylic acids is 2. The van der Waals surface area contributed by atoms with Gasteiger partial charge in [-0.1, -0.05) is 79.9 Å². The molecule has 172 valence electrons. The normalized spacial score (nSPS) is 14.8. The van der Waals surface area contributed by atoms with E-state index in [1.54, 1.807) is 11.8 Å². The fraction of sp³-hybridized carbons (Fsp3) is 0.481. The van der Waals surface area contributed by atoms with Crippen molar-refractivity contribution in [2.45, 2.75) is 70.2 Å². The van der Waals surface area contributed by atoms with Crippen LogP contribution in [0.4, 0.5) is 0 Å². The van der Waals surface area contributed by atoms with Crippen LogP contribution in [0, 0.1) is 6.92 Å². The Kier molecular flexibility index (Phi) is 9.66. The minimum absolute atomic E-state index is 0.00402. The summed E-state index contributed by atoms with van der Waals surface area (Å²) in [5, 5.41) is 3.21. The summed E-state index contributed by atoms with van der Waals surface area (Å²) < 4.78 is 0. The van der Waals surface area contributed by atoms with Gasteiger partial charge < -0.3 is 10.2 Å². The second-order valence-corrected chi connectivity index (χ2v) is 9.70. The van der Waals surface area contributed by atoms with Crippen molar-refractivity contribution in [1.82, 2.24) is 10.2 Å². The predicted octanol–water partition coefficient (Wildman–Crippen LogP) is 5.14. The van der Waals surface area contributed by atoms with Crippen molar-refractivity contribution in [3.05, 3.63) is 71.3 Å². The smallest absolute Gasteiger partial charge is 0.243 e. The number of hydrogen-bond acceptors (Lipinski definition) is 3. The molecule has 2 amide bonds. The summed E-state index contributed by atoms with van der Waals surface area (Å²) in [6, 6.07) is 18.5. The number of benzene rings is 2. The second kappa shape index (κ2) is 12.7. The van der Waals surface area contributed by atoms with Gasteiger partial charge in [-0.2, -0.15) is 0 Å². The Morgan fingerprint density at radius 2 is 1.72 bits per heavy atom. The summed E-state index contributed by atoms with van der Waals surface area (Å²) in [6.07, 6.45) is 5.82. The van der Waals surface area contributed by atoms with Gasteiger partial charge >= 0.3 is 0 Å². The molecule has 0 aromatic heterocycles. The van der Waals surface area contributed by atoms with Crippen LogP contribution < -0.4 is 5.32 Å². The zero-order valence-corrected chi connectivity index (χ0v) is 20.2. The molecule has 1 aliphatic carbocycles. The molecule has 32 heavy (non-hydrogen) atoms. The van der Waals surface area contributed by atoms with Crippen molar-refractivity contribution < 1.29 is 9.59 Å². The Morgan fingerprint density at radius 1 is 1.03 bits per heavy atom. The van der Waals surface area contributed by atoms with Gasteiger partial charge in [-0.25, -0.2) is 0 Å². The van der Waals surface area contributed by atoms with Crippen molar-refractivity contribution in [3.8, 4) is 0 Å². The van der Waals surface area contributed by atoms with Gasteiger partial charge in [-0.3, -0.25) is 9.59 Å². The molecule has 1 aliphatic rings. The molecule has 1 N–H and O–H groups in total. The van der Waals surface area contributed by atoms with E-state index in [4.69, 9.17) is 0 Å². The maximum absolute atomic E-state index is 13.3. The summed E-state index contributed by atoms with van der Waals surface area (Å²) in [4.78, 5) is 28.2. The van der Waals surface area contributed by atoms with Crippen LogP contribution in [0.2, 0.25) is 0 Å². The number of hydrogen-bond donors (Lipinski definition) is 1. The van der Waals surface area contributed by atoms with Gasteiger partial charge in [0.1, 0.15) is 6.04 Å². The predicted molar refractivity (Wildman–Crippen MR) is 134 cm³/mol. The second-order valence-electron chi connectivity index (χ2n) is 8.72. The highest BCUT2D eigenvalue weighted by Gasteiger charge is 2.30. The largest absolute Gasteiger partial charge is 0.352 e. The Labute approximate surface area is 197 Å². The van der Waals surface area contributed by atoms with Crippen LogP contribution in [-0.2, 0) is 21.8 Å². The van der Waals surface area contributed by atoms with E-state index < -0.39 is 6.04 Å². The number of amides is 2. The van der Waals surface area contributed by atoms with E-state index in [0.29, 0.717) is 18.7 Å². The van der Waals surface area contributed by atoms with E-state index in [-0.39, 0.29) is 17.9 Å². The molecule has 3 rings (SSSR count). The first-order chi connectivity index (χ1) is 15.6. The minimum atomic E-state index is -0.410. The number of aryl methyl sites for hydroxylation is 1. The van der Waals surface area contributed by atoms with E-state index in [1.165, 1.54) is 29.5 Å². The first-order valence-electron chi connectivity index (χ1n) is 11.8. The quantitative estimate of drug-likeness (QED) is 0.514. The van der Waals surface area contributed by atoms with Gasteiger partial charge in [-0.15, -0.1) is 11.8 Å². The van der Waals surface area contributed by atoms with E-state index >= 15 is 0 Å².